The average molecular weight is 457 g/mol. The second-order valence-corrected chi connectivity index (χ2v) is 8.36. The van der Waals surface area contributed by atoms with Crippen molar-refractivity contribution in [2.75, 3.05) is 11.1 Å². The molecule has 0 fully saturated rings. The van der Waals surface area contributed by atoms with Crippen LogP contribution in [0.5, 0.6) is 0 Å². The summed E-state index contributed by atoms with van der Waals surface area (Å²) in [6.45, 7) is 0. The van der Waals surface area contributed by atoms with E-state index in [1.165, 1.54) is 47.6 Å². The zero-order valence-corrected chi connectivity index (χ0v) is 17.6. The van der Waals surface area contributed by atoms with E-state index in [1.807, 2.05) is 35.7 Å². The van der Waals surface area contributed by atoms with E-state index in [9.17, 15) is 14.9 Å². The summed E-state index contributed by atoms with van der Waals surface area (Å²) in [6.07, 6.45) is 1.49. The number of non-ortho nitro benzene ring substituents is 1. The number of nitrogens with zero attached hydrogens (tertiary/aromatic N) is 3. The minimum absolute atomic E-state index is 0.101. The number of carbonyl (C=O) groups is 1. The van der Waals surface area contributed by atoms with Crippen molar-refractivity contribution in [3.05, 3.63) is 75.4 Å². The van der Waals surface area contributed by atoms with Crippen molar-refractivity contribution in [3.8, 4) is 11.1 Å². The third-order valence-electron chi connectivity index (χ3n) is 4.20. The van der Waals surface area contributed by atoms with Crippen LogP contribution in [0.2, 0.25) is 5.02 Å². The molecule has 4 rings (SSSR count). The molecule has 1 amide bonds. The Morgan fingerprint density at radius 2 is 2.00 bits per heavy atom. The number of nitrogens with one attached hydrogen (secondary N) is 1. The molecule has 0 saturated carbocycles. The Morgan fingerprint density at radius 3 is 2.73 bits per heavy atom. The lowest BCUT2D eigenvalue weighted by atomic mass is 10.1. The summed E-state index contributed by atoms with van der Waals surface area (Å²) in [7, 11) is 0. The van der Waals surface area contributed by atoms with Crippen LogP contribution in [0.25, 0.3) is 21.3 Å². The Morgan fingerprint density at radius 1 is 1.20 bits per heavy atom. The Bertz CT molecular complexity index is 1250. The Balaban J connectivity index is 1.52. The highest BCUT2D eigenvalue weighted by molar-refractivity contribution is 8.00. The number of hydrogen-bond donors (Lipinski definition) is 1. The van der Waals surface area contributed by atoms with Gasteiger partial charge < -0.3 is 5.32 Å². The SMILES string of the molecule is O=C(CSc1ncnc2scc(-c3ccccc3)c12)Nc1ccc([N+](=O)[O-])cc1Cl. The van der Waals surface area contributed by atoms with Gasteiger partial charge in [0.05, 0.1) is 26.8 Å². The van der Waals surface area contributed by atoms with Crippen molar-refractivity contribution in [1.82, 2.24) is 9.97 Å². The molecular formula is C20H13ClN4O3S2. The largest absolute Gasteiger partial charge is 0.324 e. The minimum Gasteiger partial charge on any atom is -0.324 e. The molecule has 30 heavy (non-hydrogen) atoms. The lowest BCUT2D eigenvalue weighted by molar-refractivity contribution is -0.384. The first kappa shape index (κ1) is 20.3. The second-order valence-electron chi connectivity index (χ2n) is 6.13. The first-order valence-electron chi connectivity index (χ1n) is 8.67. The highest BCUT2D eigenvalue weighted by Crippen LogP contribution is 2.37. The summed E-state index contributed by atoms with van der Waals surface area (Å²) in [5.74, 6) is -0.192. The number of anilines is 1. The van der Waals surface area contributed by atoms with Crippen LogP contribution in [0.1, 0.15) is 0 Å². The van der Waals surface area contributed by atoms with Crippen LogP contribution in [0.15, 0.2) is 65.3 Å². The zero-order valence-electron chi connectivity index (χ0n) is 15.2. The molecule has 150 valence electrons. The predicted molar refractivity (Wildman–Crippen MR) is 120 cm³/mol. The molecule has 0 radical (unpaired) electrons. The van der Waals surface area contributed by atoms with E-state index < -0.39 is 4.92 Å². The average Bonchev–Trinajstić information content (AvgIpc) is 3.19. The Hall–Kier alpha value is -3.01. The van der Waals surface area contributed by atoms with Gasteiger partial charge in [-0.2, -0.15) is 0 Å². The van der Waals surface area contributed by atoms with Gasteiger partial charge in [-0.25, -0.2) is 9.97 Å². The van der Waals surface area contributed by atoms with E-state index in [1.54, 1.807) is 0 Å². The van der Waals surface area contributed by atoms with E-state index in [-0.39, 0.29) is 22.4 Å². The molecule has 2 aromatic heterocycles. The van der Waals surface area contributed by atoms with E-state index in [4.69, 9.17) is 11.6 Å². The van der Waals surface area contributed by atoms with Gasteiger partial charge in [0.2, 0.25) is 5.91 Å². The number of carbonyl (C=O) groups excluding carboxylic acids is 1. The van der Waals surface area contributed by atoms with Crippen LogP contribution in [0, 0.1) is 10.1 Å². The number of benzene rings is 2. The smallest absolute Gasteiger partial charge is 0.271 e. The number of thioether (sulfide) groups is 1. The molecule has 0 unspecified atom stereocenters. The van der Waals surface area contributed by atoms with Crippen LogP contribution in [-0.4, -0.2) is 26.6 Å². The quantitative estimate of drug-likeness (QED) is 0.174. The third-order valence-corrected chi connectivity index (χ3v) is 6.39. The lowest BCUT2D eigenvalue weighted by Crippen LogP contribution is -2.14. The van der Waals surface area contributed by atoms with Gasteiger partial charge in [0.25, 0.3) is 5.69 Å². The van der Waals surface area contributed by atoms with Crippen molar-refractivity contribution < 1.29 is 9.72 Å². The number of hydrogen-bond acceptors (Lipinski definition) is 7. The van der Waals surface area contributed by atoms with Gasteiger partial charge in [-0.05, 0) is 11.6 Å². The van der Waals surface area contributed by atoms with E-state index in [0.717, 1.165) is 21.3 Å². The Kier molecular flexibility index (Phi) is 5.93. The number of rotatable bonds is 6. The lowest BCUT2D eigenvalue weighted by Gasteiger charge is -2.08. The van der Waals surface area contributed by atoms with Gasteiger partial charge in [0, 0.05) is 23.1 Å². The molecule has 0 spiro atoms. The molecule has 1 N–H and O–H groups in total. The molecule has 0 atom stereocenters. The number of nitro groups is 1. The predicted octanol–water partition coefficient (Wildman–Crippen LogP) is 5.65. The van der Waals surface area contributed by atoms with Crippen molar-refractivity contribution in [2.24, 2.45) is 0 Å². The molecule has 0 aliphatic heterocycles. The second kappa shape index (κ2) is 8.78. The van der Waals surface area contributed by atoms with Crippen LogP contribution in [0.4, 0.5) is 11.4 Å². The molecule has 0 bridgehead atoms. The molecule has 2 aromatic carbocycles. The number of aromatic nitrogens is 2. The zero-order chi connectivity index (χ0) is 21.1. The normalized spacial score (nSPS) is 10.8. The van der Waals surface area contributed by atoms with E-state index in [2.05, 4.69) is 15.3 Å². The minimum atomic E-state index is -0.543. The van der Waals surface area contributed by atoms with Crippen molar-refractivity contribution in [1.29, 1.82) is 0 Å². The van der Waals surface area contributed by atoms with Crippen molar-refractivity contribution in [3.63, 3.8) is 0 Å². The first-order valence-corrected chi connectivity index (χ1v) is 10.9. The van der Waals surface area contributed by atoms with Gasteiger partial charge in [-0.1, -0.05) is 53.7 Å². The van der Waals surface area contributed by atoms with Gasteiger partial charge in [0.15, 0.2) is 0 Å². The highest BCUT2D eigenvalue weighted by Gasteiger charge is 2.16. The van der Waals surface area contributed by atoms with Crippen molar-refractivity contribution in [2.45, 2.75) is 5.03 Å². The van der Waals surface area contributed by atoms with E-state index in [0.29, 0.717) is 10.7 Å². The fourth-order valence-electron chi connectivity index (χ4n) is 2.83. The maximum absolute atomic E-state index is 12.4. The molecular weight excluding hydrogens is 444 g/mol. The van der Waals surface area contributed by atoms with Crippen LogP contribution in [0.3, 0.4) is 0 Å². The molecule has 4 aromatic rings. The molecule has 0 aliphatic rings. The fraction of sp³-hybridized carbons (Fsp3) is 0.0500. The monoisotopic (exact) mass is 456 g/mol. The first-order chi connectivity index (χ1) is 14.5. The van der Waals surface area contributed by atoms with E-state index >= 15 is 0 Å². The van der Waals surface area contributed by atoms with Crippen LogP contribution >= 0.6 is 34.7 Å². The summed E-state index contributed by atoms with van der Waals surface area (Å²) in [4.78, 5) is 32.2. The summed E-state index contributed by atoms with van der Waals surface area (Å²) < 4.78 is 0. The summed E-state index contributed by atoms with van der Waals surface area (Å²) in [5, 5.41) is 17.3. The molecule has 7 nitrogen and oxygen atoms in total. The van der Waals surface area contributed by atoms with Gasteiger partial charge in [-0.15, -0.1) is 11.3 Å². The number of amides is 1. The summed E-state index contributed by atoms with van der Waals surface area (Å²) in [5.41, 5.74) is 2.27. The molecule has 2 heterocycles. The topological polar surface area (TPSA) is 98.0 Å². The van der Waals surface area contributed by atoms with Crippen molar-refractivity contribution >= 4 is 62.2 Å². The standard InChI is InChI=1S/C20H13ClN4O3S2/c21-15-8-13(25(27)28)6-7-16(15)24-17(26)10-30-20-18-14(12-4-2-1-3-5-12)9-29-19(18)22-11-23-20/h1-9,11H,10H2,(H,24,26). The molecule has 0 saturated heterocycles. The number of fused-ring (bicyclic) bond motifs is 1. The third kappa shape index (κ3) is 4.28. The maximum Gasteiger partial charge on any atom is 0.271 e. The molecule has 10 heteroatoms. The molecule has 0 aliphatic carbocycles. The van der Waals surface area contributed by atoms with Gasteiger partial charge >= 0.3 is 0 Å². The van der Waals surface area contributed by atoms with Gasteiger partial charge in [-0.3, -0.25) is 14.9 Å². The summed E-state index contributed by atoms with van der Waals surface area (Å²) in [6, 6.07) is 13.8. The Labute approximate surface area is 184 Å². The van der Waals surface area contributed by atoms with Crippen LogP contribution < -0.4 is 5.32 Å². The number of halogens is 1. The number of thiophene rings is 1. The van der Waals surface area contributed by atoms with Gasteiger partial charge in [0.1, 0.15) is 16.2 Å². The highest BCUT2D eigenvalue weighted by atomic mass is 35.5. The number of nitro benzene ring substituents is 1. The van der Waals surface area contributed by atoms with Crippen LogP contribution in [-0.2, 0) is 4.79 Å². The maximum atomic E-state index is 12.4. The summed E-state index contributed by atoms with van der Waals surface area (Å²) >= 11 is 8.87. The fourth-order valence-corrected chi connectivity index (χ4v) is 4.84.